The average Bonchev–Trinajstić information content (AvgIpc) is 2.77. The minimum Gasteiger partial charge on any atom is -0.484 e. The molecule has 0 unspecified atom stereocenters. The summed E-state index contributed by atoms with van der Waals surface area (Å²) in [6.07, 6.45) is 0. The second-order valence-electron chi connectivity index (χ2n) is 7.59. The zero-order valence-corrected chi connectivity index (χ0v) is 17.1. The van der Waals surface area contributed by atoms with E-state index in [1.165, 1.54) is 9.80 Å². The van der Waals surface area contributed by atoms with Crippen molar-refractivity contribution < 1.29 is 23.9 Å². The summed E-state index contributed by atoms with van der Waals surface area (Å²) in [7, 11) is 0. The quantitative estimate of drug-likeness (QED) is 0.692. The molecule has 1 aromatic rings. The van der Waals surface area contributed by atoms with E-state index in [9.17, 15) is 14.4 Å². The number of hydrogen-bond donors (Lipinski definition) is 0. The second-order valence-corrected chi connectivity index (χ2v) is 7.59. The van der Waals surface area contributed by atoms with Gasteiger partial charge in [-0.2, -0.15) is 0 Å². The molecule has 2 heterocycles. The fourth-order valence-corrected chi connectivity index (χ4v) is 3.40. The van der Waals surface area contributed by atoms with Crippen LogP contribution < -0.4 is 4.74 Å². The molecule has 2 saturated heterocycles. The maximum atomic E-state index is 12.5. The van der Waals surface area contributed by atoms with Gasteiger partial charge < -0.3 is 24.2 Å². The van der Waals surface area contributed by atoms with Gasteiger partial charge in [0, 0.05) is 39.3 Å². The van der Waals surface area contributed by atoms with Gasteiger partial charge in [0.25, 0.3) is 5.91 Å². The summed E-state index contributed by atoms with van der Waals surface area (Å²) < 4.78 is 10.9. The fourth-order valence-electron chi connectivity index (χ4n) is 3.40. The SMILES string of the molecule is CC(C)c1cccc(OCC(=O)N2CCN(C(=O)C(=O)N3CCOCC3)CC2)c1. The first-order valence-electron chi connectivity index (χ1n) is 10.1. The van der Waals surface area contributed by atoms with Crippen LogP contribution in [0, 0.1) is 0 Å². The Labute approximate surface area is 171 Å². The minimum atomic E-state index is -0.499. The predicted octanol–water partition coefficient (Wildman–Crippen LogP) is 0.718. The van der Waals surface area contributed by atoms with Crippen LogP contribution in [0.5, 0.6) is 5.75 Å². The molecule has 29 heavy (non-hydrogen) atoms. The van der Waals surface area contributed by atoms with Crippen LogP contribution in [-0.4, -0.2) is 91.5 Å². The summed E-state index contributed by atoms with van der Waals surface area (Å²) in [5, 5.41) is 0. The third-order valence-electron chi connectivity index (χ3n) is 5.29. The van der Waals surface area contributed by atoms with Crippen LogP contribution in [-0.2, 0) is 19.1 Å². The van der Waals surface area contributed by atoms with Gasteiger partial charge in [-0.05, 0) is 23.6 Å². The van der Waals surface area contributed by atoms with Crippen molar-refractivity contribution in [3.8, 4) is 5.75 Å². The highest BCUT2D eigenvalue weighted by molar-refractivity contribution is 6.34. The Kier molecular flexibility index (Phi) is 7.09. The first-order valence-corrected chi connectivity index (χ1v) is 10.1. The summed E-state index contributed by atoms with van der Waals surface area (Å²) >= 11 is 0. The smallest absolute Gasteiger partial charge is 0.312 e. The van der Waals surface area contributed by atoms with Gasteiger partial charge in [-0.25, -0.2) is 0 Å². The Morgan fingerprint density at radius 1 is 0.931 bits per heavy atom. The van der Waals surface area contributed by atoms with Crippen LogP contribution in [0.4, 0.5) is 0 Å². The van der Waals surface area contributed by atoms with Gasteiger partial charge in [-0.1, -0.05) is 26.0 Å². The topological polar surface area (TPSA) is 79.4 Å². The molecule has 0 atom stereocenters. The van der Waals surface area contributed by atoms with Crippen LogP contribution in [0.25, 0.3) is 0 Å². The van der Waals surface area contributed by atoms with Crippen molar-refractivity contribution in [2.75, 3.05) is 59.1 Å². The van der Waals surface area contributed by atoms with Gasteiger partial charge in [0.05, 0.1) is 13.2 Å². The molecule has 158 valence electrons. The maximum absolute atomic E-state index is 12.5. The van der Waals surface area contributed by atoms with Gasteiger partial charge in [0.2, 0.25) is 0 Å². The number of amides is 3. The van der Waals surface area contributed by atoms with Crippen LogP contribution in [0.3, 0.4) is 0 Å². The Morgan fingerprint density at radius 3 is 2.14 bits per heavy atom. The van der Waals surface area contributed by atoms with Gasteiger partial charge in [-0.15, -0.1) is 0 Å². The molecule has 2 fully saturated rings. The first kappa shape index (κ1) is 21.1. The van der Waals surface area contributed by atoms with E-state index in [1.54, 1.807) is 4.90 Å². The third kappa shape index (κ3) is 5.47. The highest BCUT2D eigenvalue weighted by atomic mass is 16.5. The van der Waals surface area contributed by atoms with E-state index >= 15 is 0 Å². The molecule has 0 saturated carbocycles. The molecule has 0 spiro atoms. The van der Waals surface area contributed by atoms with Crippen molar-refractivity contribution >= 4 is 17.7 Å². The minimum absolute atomic E-state index is 0.0395. The van der Waals surface area contributed by atoms with Crippen LogP contribution in [0.1, 0.15) is 25.3 Å². The predicted molar refractivity (Wildman–Crippen MR) is 107 cm³/mol. The van der Waals surface area contributed by atoms with Crippen LogP contribution in [0.2, 0.25) is 0 Å². The maximum Gasteiger partial charge on any atom is 0.312 e. The molecule has 0 aliphatic carbocycles. The van der Waals surface area contributed by atoms with Crippen molar-refractivity contribution in [1.82, 2.24) is 14.7 Å². The number of morpholine rings is 1. The van der Waals surface area contributed by atoms with E-state index in [2.05, 4.69) is 13.8 Å². The number of nitrogens with zero attached hydrogens (tertiary/aromatic N) is 3. The average molecular weight is 403 g/mol. The summed E-state index contributed by atoms with van der Waals surface area (Å²) in [5.74, 6) is -0.0386. The number of piperazine rings is 1. The normalized spacial score (nSPS) is 17.4. The van der Waals surface area contributed by atoms with Crippen LogP contribution >= 0.6 is 0 Å². The Bertz CT molecular complexity index is 738. The third-order valence-corrected chi connectivity index (χ3v) is 5.29. The van der Waals surface area contributed by atoms with Crippen molar-refractivity contribution in [2.45, 2.75) is 19.8 Å². The number of carbonyl (C=O) groups is 3. The van der Waals surface area contributed by atoms with Crippen LogP contribution in [0.15, 0.2) is 24.3 Å². The molecule has 8 heteroatoms. The van der Waals surface area contributed by atoms with E-state index in [4.69, 9.17) is 9.47 Å². The van der Waals surface area contributed by atoms with Crippen molar-refractivity contribution in [3.05, 3.63) is 29.8 Å². The Balaban J connectivity index is 1.45. The first-order chi connectivity index (χ1) is 14.0. The standard InChI is InChI=1S/C21H29N3O5/c1-16(2)17-4-3-5-18(14-17)29-15-19(25)22-6-8-23(9-7-22)20(26)21(27)24-10-12-28-13-11-24/h3-5,14,16H,6-13,15H2,1-2H3. The number of ether oxygens (including phenoxy) is 2. The fraction of sp³-hybridized carbons (Fsp3) is 0.571. The van der Waals surface area contributed by atoms with Crippen molar-refractivity contribution in [1.29, 1.82) is 0 Å². The van der Waals surface area contributed by atoms with Gasteiger partial charge >= 0.3 is 11.8 Å². The zero-order chi connectivity index (χ0) is 20.8. The van der Waals surface area contributed by atoms with E-state index in [1.807, 2.05) is 24.3 Å². The largest absolute Gasteiger partial charge is 0.484 e. The summed E-state index contributed by atoms with van der Waals surface area (Å²) in [6.45, 7) is 7.48. The van der Waals surface area contributed by atoms with Gasteiger partial charge in [0.1, 0.15) is 5.75 Å². The molecular weight excluding hydrogens is 374 g/mol. The molecular formula is C21H29N3O5. The molecule has 1 aromatic carbocycles. The highest BCUT2D eigenvalue weighted by Gasteiger charge is 2.31. The number of hydrogen-bond acceptors (Lipinski definition) is 5. The lowest BCUT2D eigenvalue weighted by molar-refractivity contribution is -0.155. The molecule has 2 aliphatic rings. The number of rotatable bonds is 4. The lowest BCUT2D eigenvalue weighted by Crippen LogP contribution is -2.56. The van der Waals surface area contributed by atoms with Gasteiger partial charge in [0.15, 0.2) is 6.61 Å². The van der Waals surface area contributed by atoms with Gasteiger partial charge in [-0.3, -0.25) is 14.4 Å². The summed E-state index contributed by atoms with van der Waals surface area (Å²) in [5.41, 5.74) is 1.16. The molecule has 0 radical (unpaired) electrons. The lowest BCUT2D eigenvalue weighted by Gasteiger charge is -2.35. The monoisotopic (exact) mass is 403 g/mol. The van der Waals surface area contributed by atoms with Crippen molar-refractivity contribution in [2.24, 2.45) is 0 Å². The molecule has 0 N–H and O–H groups in total. The Hall–Kier alpha value is -2.61. The van der Waals surface area contributed by atoms with E-state index in [0.717, 1.165) is 5.56 Å². The molecule has 0 bridgehead atoms. The van der Waals surface area contributed by atoms with E-state index < -0.39 is 11.8 Å². The summed E-state index contributed by atoms with van der Waals surface area (Å²) in [6, 6.07) is 7.75. The lowest BCUT2D eigenvalue weighted by atomic mass is 10.0. The molecule has 3 rings (SSSR count). The number of carbonyl (C=O) groups excluding carboxylic acids is 3. The van der Waals surface area contributed by atoms with E-state index in [0.29, 0.717) is 64.1 Å². The van der Waals surface area contributed by atoms with E-state index in [-0.39, 0.29) is 12.5 Å². The molecule has 0 aromatic heterocycles. The highest BCUT2D eigenvalue weighted by Crippen LogP contribution is 2.20. The summed E-state index contributed by atoms with van der Waals surface area (Å²) in [4.78, 5) is 41.9. The zero-order valence-electron chi connectivity index (χ0n) is 17.1. The molecule has 2 aliphatic heterocycles. The second kappa shape index (κ2) is 9.73. The number of benzene rings is 1. The molecule has 3 amide bonds. The molecule has 8 nitrogen and oxygen atoms in total. The van der Waals surface area contributed by atoms with Crippen molar-refractivity contribution in [3.63, 3.8) is 0 Å². The Morgan fingerprint density at radius 2 is 1.52 bits per heavy atom.